The highest BCUT2D eigenvalue weighted by molar-refractivity contribution is 6.36. The van der Waals surface area contributed by atoms with E-state index in [0.29, 0.717) is 22.4 Å². The number of aryl methyl sites for hydroxylation is 1. The van der Waals surface area contributed by atoms with E-state index in [0.717, 1.165) is 5.56 Å². The van der Waals surface area contributed by atoms with E-state index in [4.69, 9.17) is 23.2 Å². The summed E-state index contributed by atoms with van der Waals surface area (Å²) in [4.78, 5) is 0. The van der Waals surface area contributed by atoms with Gasteiger partial charge in [0.15, 0.2) is 0 Å². The van der Waals surface area contributed by atoms with Crippen molar-refractivity contribution in [3.05, 3.63) is 62.6 Å². The topological polar surface area (TPSA) is 20.2 Å². The summed E-state index contributed by atoms with van der Waals surface area (Å²) in [5.74, 6) is 0.580. The summed E-state index contributed by atoms with van der Waals surface area (Å²) in [6.45, 7) is 6.50. The van der Waals surface area contributed by atoms with Gasteiger partial charge in [0, 0.05) is 16.5 Å². The Hall–Kier alpha value is -1.18. The molecule has 0 fully saturated rings. The van der Waals surface area contributed by atoms with Crippen LogP contribution in [0.2, 0.25) is 10.0 Å². The Morgan fingerprint density at radius 2 is 1.65 bits per heavy atom. The monoisotopic (exact) mass is 308 g/mol. The van der Waals surface area contributed by atoms with Crippen LogP contribution in [0.25, 0.3) is 0 Å². The van der Waals surface area contributed by atoms with Crippen LogP contribution in [0.1, 0.15) is 42.0 Å². The zero-order valence-electron chi connectivity index (χ0n) is 11.9. The molecule has 106 valence electrons. The Kier molecular flexibility index (Phi) is 4.62. The van der Waals surface area contributed by atoms with E-state index in [1.54, 1.807) is 0 Å². The maximum atomic E-state index is 9.47. The Balaban J connectivity index is 2.38. The van der Waals surface area contributed by atoms with Crippen LogP contribution in [-0.4, -0.2) is 5.11 Å². The number of benzene rings is 2. The molecule has 0 aliphatic carbocycles. The smallest absolute Gasteiger partial charge is 0.118 e. The van der Waals surface area contributed by atoms with Crippen molar-refractivity contribution < 1.29 is 5.11 Å². The molecule has 0 saturated heterocycles. The van der Waals surface area contributed by atoms with Crippen LogP contribution in [0.4, 0.5) is 0 Å². The van der Waals surface area contributed by atoms with Crippen molar-refractivity contribution in [2.45, 2.75) is 33.1 Å². The number of phenolic OH excluding ortho intramolecular Hbond substituents is 1. The molecular weight excluding hydrogens is 291 g/mol. The van der Waals surface area contributed by atoms with Gasteiger partial charge in [0.2, 0.25) is 0 Å². The van der Waals surface area contributed by atoms with Crippen molar-refractivity contribution in [1.29, 1.82) is 0 Å². The van der Waals surface area contributed by atoms with Gasteiger partial charge in [0.05, 0.1) is 0 Å². The fourth-order valence-corrected chi connectivity index (χ4v) is 2.99. The number of hydrogen-bond acceptors (Lipinski definition) is 1. The Morgan fingerprint density at radius 1 is 1.05 bits per heavy atom. The van der Waals surface area contributed by atoms with E-state index in [2.05, 4.69) is 39.0 Å². The van der Waals surface area contributed by atoms with Crippen LogP contribution in [0.15, 0.2) is 30.3 Å². The zero-order valence-corrected chi connectivity index (χ0v) is 13.4. The average Bonchev–Trinajstić information content (AvgIpc) is 2.35. The third kappa shape index (κ3) is 3.28. The average molecular weight is 309 g/mol. The molecule has 0 aliphatic heterocycles. The molecule has 2 aromatic rings. The van der Waals surface area contributed by atoms with Crippen LogP contribution in [0, 0.1) is 6.92 Å². The molecule has 0 amide bonds. The molecule has 20 heavy (non-hydrogen) atoms. The van der Waals surface area contributed by atoms with Crippen molar-refractivity contribution in [2.75, 3.05) is 0 Å². The van der Waals surface area contributed by atoms with Crippen LogP contribution in [0.5, 0.6) is 5.75 Å². The Labute approximate surface area is 130 Å². The first-order valence-corrected chi connectivity index (χ1v) is 7.40. The number of halogens is 2. The molecule has 1 N–H and O–H groups in total. The minimum Gasteiger partial charge on any atom is -0.508 e. The third-order valence-electron chi connectivity index (χ3n) is 3.47. The quantitative estimate of drug-likeness (QED) is 0.768. The molecule has 0 atom stereocenters. The lowest BCUT2D eigenvalue weighted by Gasteiger charge is -2.13. The molecule has 0 saturated carbocycles. The fourth-order valence-electron chi connectivity index (χ4n) is 2.38. The number of rotatable bonds is 3. The second-order valence-corrected chi connectivity index (χ2v) is 6.22. The van der Waals surface area contributed by atoms with Gasteiger partial charge in [-0.05, 0) is 47.2 Å². The van der Waals surface area contributed by atoms with Gasteiger partial charge in [0.25, 0.3) is 0 Å². The SMILES string of the molecule is Cc1ccc(Cc2c(Cl)cc(O)cc2Cl)cc1C(C)C. The molecule has 0 aliphatic rings. The van der Waals surface area contributed by atoms with Gasteiger partial charge in [-0.15, -0.1) is 0 Å². The van der Waals surface area contributed by atoms with Crippen molar-refractivity contribution in [3.63, 3.8) is 0 Å². The Bertz CT molecular complexity index is 610. The zero-order chi connectivity index (χ0) is 14.9. The first kappa shape index (κ1) is 15.2. The van der Waals surface area contributed by atoms with Gasteiger partial charge in [-0.2, -0.15) is 0 Å². The van der Waals surface area contributed by atoms with E-state index in [1.807, 2.05) is 0 Å². The van der Waals surface area contributed by atoms with Crippen LogP contribution >= 0.6 is 23.2 Å². The van der Waals surface area contributed by atoms with Crippen molar-refractivity contribution in [3.8, 4) is 5.75 Å². The highest BCUT2D eigenvalue weighted by atomic mass is 35.5. The third-order valence-corrected chi connectivity index (χ3v) is 4.15. The minimum absolute atomic E-state index is 0.0931. The van der Waals surface area contributed by atoms with Crippen molar-refractivity contribution in [2.24, 2.45) is 0 Å². The summed E-state index contributed by atoms with van der Waals surface area (Å²) in [5.41, 5.74) is 4.67. The molecule has 2 aromatic carbocycles. The lowest BCUT2D eigenvalue weighted by molar-refractivity contribution is 0.475. The fraction of sp³-hybridized carbons (Fsp3) is 0.294. The van der Waals surface area contributed by atoms with Gasteiger partial charge in [-0.1, -0.05) is 55.2 Å². The summed E-state index contributed by atoms with van der Waals surface area (Å²) >= 11 is 12.3. The molecule has 2 rings (SSSR count). The summed E-state index contributed by atoms with van der Waals surface area (Å²) in [5, 5.41) is 10.5. The molecule has 1 nitrogen and oxygen atoms in total. The molecule has 0 bridgehead atoms. The van der Waals surface area contributed by atoms with Crippen molar-refractivity contribution >= 4 is 23.2 Å². The van der Waals surface area contributed by atoms with E-state index < -0.39 is 0 Å². The standard InChI is InChI=1S/C17H18Cl2O/c1-10(2)14-6-12(5-4-11(14)3)7-15-16(18)8-13(20)9-17(15)19/h4-6,8-10,20H,7H2,1-3H3. The number of hydrogen-bond donors (Lipinski definition) is 1. The molecule has 0 heterocycles. The van der Waals surface area contributed by atoms with Crippen LogP contribution < -0.4 is 0 Å². The van der Waals surface area contributed by atoms with Crippen LogP contribution in [-0.2, 0) is 6.42 Å². The highest BCUT2D eigenvalue weighted by Gasteiger charge is 2.11. The van der Waals surface area contributed by atoms with Crippen molar-refractivity contribution in [1.82, 2.24) is 0 Å². The largest absolute Gasteiger partial charge is 0.508 e. The van der Waals surface area contributed by atoms with E-state index in [-0.39, 0.29) is 5.75 Å². The molecule has 0 spiro atoms. The second-order valence-electron chi connectivity index (χ2n) is 5.41. The van der Waals surface area contributed by atoms with E-state index in [1.165, 1.54) is 28.8 Å². The molecule has 0 unspecified atom stereocenters. The maximum Gasteiger partial charge on any atom is 0.118 e. The Morgan fingerprint density at radius 3 is 2.20 bits per heavy atom. The van der Waals surface area contributed by atoms with Gasteiger partial charge >= 0.3 is 0 Å². The van der Waals surface area contributed by atoms with Gasteiger partial charge in [0.1, 0.15) is 5.75 Å². The summed E-state index contributed by atoms with van der Waals surface area (Å²) in [6.07, 6.45) is 0.665. The predicted molar refractivity (Wildman–Crippen MR) is 86.2 cm³/mol. The summed E-state index contributed by atoms with van der Waals surface area (Å²) in [7, 11) is 0. The molecule has 0 radical (unpaired) electrons. The highest BCUT2D eigenvalue weighted by Crippen LogP contribution is 2.32. The first-order valence-electron chi connectivity index (χ1n) is 6.64. The first-order chi connectivity index (χ1) is 9.38. The van der Waals surface area contributed by atoms with Gasteiger partial charge < -0.3 is 5.11 Å². The molecule has 3 heteroatoms. The lowest BCUT2D eigenvalue weighted by atomic mass is 9.93. The van der Waals surface area contributed by atoms with Gasteiger partial charge in [-0.25, -0.2) is 0 Å². The van der Waals surface area contributed by atoms with Crippen LogP contribution in [0.3, 0.4) is 0 Å². The number of aromatic hydroxyl groups is 1. The normalized spacial score (nSPS) is 11.1. The lowest BCUT2D eigenvalue weighted by Crippen LogP contribution is -1.97. The van der Waals surface area contributed by atoms with Gasteiger partial charge in [-0.3, -0.25) is 0 Å². The number of phenols is 1. The van der Waals surface area contributed by atoms with E-state index >= 15 is 0 Å². The second kappa shape index (κ2) is 6.07. The molecule has 0 aromatic heterocycles. The summed E-state index contributed by atoms with van der Waals surface area (Å²) in [6, 6.07) is 9.49. The minimum atomic E-state index is 0.0931. The van der Waals surface area contributed by atoms with E-state index in [9.17, 15) is 5.11 Å². The molecular formula is C17H18Cl2O. The predicted octanol–water partition coefficient (Wildman–Crippen LogP) is 5.72. The summed E-state index contributed by atoms with van der Waals surface area (Å²) < 4.78 is 0. The maximum absolute atomic E-state index is 9.47.